The fourth-order valence-corrected chi connectivity index (χ4v) is 2.22. The van der Waals surface area contributed by atoms with Gasteiger partial charge in [-0.05, 0) is 44.9 Å². The second kappa shape index (κ2) is 17.7. The Hall–Kier alpha value is -0.300. The molecule has 0 saturated carbocycles. The van der Waals surface area contributed by atoms with Crippen molar-refractivity contribution in [2.75, 3.05) is 5.33 Å². The number of alkyl halides is 1. The van der Waals surface area contributed by atoms with Gasteiger partial charge < -0.3 is 0 Å². The fraction of sp³-hybridized carbons (Fsp3) is 0.667. The van der Waals surface area contributed by atoms with Crippen LogP contribution in [0, 0.1) is 0 Å². The maximum absolute atomic E-state index is 3.46. The Morgan fingerprint density at radius 1 is 0.632 bits per heavy atom. The first-order valence-corrected chi connectivity index (χ1v) is 9.05. The third-order valence-electron chi connectivity index (χ3n) is 3.02. The molecule has 0 radical (unpaired) electrons. The molecule has 0 amide bonds. The third-order valence-corrected chi connectivity index (χ3v) is 3.58. The van der Waals surface area contributed by atoms with Crippen molar-refractivity contribution in [3.63, 3.8) is 0 Å². The normalized spacial score (nSPS) is 12.3. The van der Waals surface area contributed by atoms with E-state index in [0.717, 1.165) is 18.2 Å². The molecule has 0 spiro atoms. The van der Waals surface area contributed by atoms with Crippen LogP contribution in [0.25, 0.3) is 0 Å². The highest BCUT2D eigenvalue weighted by Gasteiger charge is 1.84. The maximum atomic E-state index is 3.46. The summed E-state index contributed by atoms with van der Waals surface area (Å²) >= 11 is 3.46. The second-order valence-electron chi connectivity index (χ2n) is 4.92. The van der Waals surface area contributed by atoms with Crippen LogP contribution in [0.15, 0.2) is 36.5 Å². The first kappa shape index (κ1) is 18.7. The third kappa shape index (κ3) is 17.7. The van der Waals surface area contributed by atoms with Gasteiger partial charge in [-0.15, -0.1) is 0 Å². The van der Waals surface area contributed by atoms with Crippen LogP contribution in [0.1, 0.15) is 71.1 Å². The van der Waals surface area contributed by atoms with Crippen LogP contribution in [0.5, 0.6) is 0 Å². The Kier molecular flexibility index (Phi) is 17.4. The van der Waals surface area contributed by atoms with Gasteiger partial charge in [0.25, 0.3) is 0 Å². The highest BCUT2D eigenvalue weighted by molar-refractivity contribution is 9.09. The van der Waals surface area contributed by atoms with E-state index >= 15 is 0 Å². The summed E-state index contributed by atoms with van der Waals surface area (Å²) in [6, 6.07) is 0. The highest BCUT2D eigenvalue weighted by Crippen LogP contribution is 2.03. The molecule has 0 aliphatic carbocycles. The van der Waals surface area contributed by atoms with E-state index in [0.29, 0.717) is 0 Å². The number of halogens is 1. The molecule has 0 unspecified atom stereocenters. The lowest BCUT2D eigenvalue weighted by Crippen LogP contribution is -1.75. The van der Waals surface area contributed by atoms with Gasteiger partial charge in [0.2, 0.25) is 0 Å². The van der Waals surface area contributed by atoms with Crippen molar-refractivity contribution < 1.29 is 0 Å². The van der Waals surface area contributed by atoms with Crippen LogP contribution in [-0.4, -0.2) is 5.33 Å². The molecule has 0 heterocycles. The maximum Gasteiger partial charge on any atom is 0.00313 e. The van der Waals surface area contributed by atoms with Gasteiger partial charge in [0.15, 0.2) is 0 Å². The average Bonchev–Trinajstić information content (AvgIpc) is 2.43. The number of unbranched alkanes of at least 4 members (excludes halogenated alkanes) is 6. The SMILES string of the molecule is CCCCC/C=C/C/C=C/C/C=C/CCCCCBr. The second-order valence-corrected chi connectivity index (χ2v) is 5.71. The predicted octanol–water partition coefficient (Wildman–Crippen LogP) is 6.97. The van der Waals surface area contributed by atoms with Crippen molar-refractivity contribution in [1.29, 1.82) is 0 Å². The molecule has 1 heteroatoms. The van der Waals surface area contributed by atoms with E-state index in [1.54, 1.807) is 0 Å². The zero-order chi connectivity index (χ0) is 14.0. The first-order valence-electron chi connectivity index (χ1n) is 7.92. The molecule has 110 valence electrons. The first-order chi connectivity index (χ1) is 9.41. The van der Waals surface area contributed by atoms with E-state index in [1.807, 2.05) is 0 Å². The van der Waals surface area contributed by atoms with Crippen LogP contribution in [0.4, 0.5) is 0 Å². The molecular formula is C18H31Br. The summed E-state index contributed by atoms with van der Waals surface area (Å²) in [4.78, 5) is 0. The van der Waals surface area contributed by atoms with Crippen molar-refractivity contribution in [2.45, 2.75) is 71.1 Å². The zero-order valence-corrected chi connectivity index (χ0v) is 14.2. The van der Waals surface area contributed by atoms with Crippen LogP contribution < -0.4 is 0 Å². The minimum Gasteiger partial charge on any atom is -0.0928 e. The van der Waals surface area contributed by atoms with Gasteiger partial charge in [-0.3, -0.25) is 0 Å². The summed E-state index contributed by atoms with van der Waals surface area (Å²) in [6.45, 7) is 2.25. The molecule has 0 aliphatic heterocycles. The molecule has 0 aromatic heterocycles. The monoisotopic (exact) mass is 326 g/mol. The molecule has 0 nitrogen and oxygen atoms in total. The lowest BCUT2D eigenvalue weighted by Gasteiger charge is -1.93. The van der Waals surface area contributed by atoms with E-state index in [4.69, 9.17) is 0 Å². The largest absolute Gasteiger partial charge is 0.0928 e. The Bertz CT molecular complexity index is 238. The Labute approximate surface area is 129 Å². The summed E-state index contributed by atoms with van der Waals surface area (Å²) < 4.78 is 0. The summed E-state index contributed by atoms with van der Waals surface area (Å²) in [5, 5.41) is 1.14. The molecule has 0 aliphatic rings. The van der Waals surface area contributed by atoms with Crippen LogP contribution >= 0.6 is 15.9 Å². The van der Waals surface area contributed by atoms with E-state index in [2.05, 4.69) is 59.3 Å². The standard InChI is InChI=1S/C18H31Br/c1-2-3-4-5-6-7-8-9-10-11-12-13-14-15-16-17-18-19/h6-7,9-10,12-13H,2-5,8,11,14-18H2,1H3/b7-6+,10-9+,13-12+. The molecule has 0 aromatic rings. The minimum atomic E-state index is 1.09. The van der Waals surface area contributed by atoms with Crippen LogP contribution in [0.2, 0.25) is 0 Å². The van der Waals surface area contributed by atoms with Gasteiger partial charge in [0.1, 0.15) is 0 Å². The fourth-order valence-electron chi connectivity index (χ4n) is 1.82. The predicted molar refractivity (Wildman–Crippen MR) is 93.1 cm³/mol. The summed E-state index contributed by atoms with van der Waals surface area (Å²) in [5.41, 5.74) is 0. The van der Waals surface area contributed by atoms with Gasteiger partial charge in [-0.2, -0.15) is 0 Å². The lowest BCUT2D eigenvalue weighted by molar-refractivity contribution is 0.728. The zero-order valence-electron chi connectivity index (χ0n) is 12.6. The lowest BCUT2D eigenvalue weighted by atomic mass is 10.2. The van der Waals surface area contributed by atoms with Gasteiger partial charge >= 0.3 is 0 Å². The molecule has 0 N–H and O–H groups in total. The van der Waals surface area contributed by atoms with Crippen LogP contribution in [0.3, 0.4) is 0 Å². The van der Waals surface area contributed by atoms with E-state index in [-0.39, 0.29) is 0 Å². The van der Waals surface area contributed by atoms with Gasteiger partial charge in [-0.1, -0.05) is 78.6 Å². The van der Waals surface area contributed by atoms with E-state index < -0.39 is 0 Å². The molecule has 0 aromatic carbocycles. The van der Waals surface area contributed by atoms with Gasteiger partial charge in [0, 0.05) is 5.33 Å². The molecule has 0 atom stereocenters. The highest BCUT2D eigenvalue weighted by atomic mass is 79.9. The Morgan fingerprint density at radius 3 is 1.68 bits per heavy atom. The molecule has 0 fully saturated rings. The average molecular weight is 327 g/mol. The summed E-state index contributed by atoms with van der Waals surface area (Å²) in [7, 11) is 0. The van der Waals surface area contributed by atoms with Crippen LogP contribution in [-0.2, 0) is 0 Å². The van der Waals surface area contributed by atoms with Crippen molar-refractivity contribution in [3.05, 3.63) is 36.5 Å². The van der Waals surface area contributed by atoms with Gasteiger partial charge in [0.05, 0.1) is 0 Å². The van der Waals surface area contributed by atoms with E-state index in [9.17, 15) is 0 Å². The minimum absolute atomic E-state index is 1.09. The molecule has 0 saturated heterocycles. The smallest absolute Gasteiger partial charge is 0.00313 e. The number of hydrogen-bond acceptors (Lipinski definition) is 0. The van der Waals surface area contributed by atoms with Crippen molar-refractivity contribution in [2.24, 2.45) is 0 Å². The van der Waals surface area contributed by atoms with Gasteiger partial charge in [-0.25, -0.2) is 0 Å². The van der Waals surface area contributed by atoms with Crippen molar-refractivity contribution in [1.82, 2.24) is 0 Å². The topological polar surface area (TPSA) is 0 Å². The molecule has 0 rings (SSSR count). The number of rotatable bonds is 13. The van der Waals surface area contributed by atoms with E-state index in [1.165, 1.54) is 51.4 Å². The Morgan fingerprint density at radius 2 is 1.16 bits per heavy atom. The molecular weight excluding hydrogens is 296 g/mol. The quantitative estimate of drug-likeness (QED) is 0.195. The Balaban J connectivity index is 3.26. The summed E-state index contributed by atoms with van der Waals surface area (Å²) in [6.07, 6.45) is 26.4. The number of allylic oxidation sites excluding steroid dienone is 6. The molecule has 0 bridgehead atoms. The molecule has 19 heavy (non-hydrogen) atoms. The summed E-state index contributed by atoms with van der Waals surface area (Å²) in [5.74, 6) is 0. The van der Waals surface area contributed by atoms with Crippen molar-refractivity contribution >= 4 is 15.9 Å². The number of hydrogen-bond donors (Lipinski definition) is 0. The van der Waals surface area contributed by atoms with Crippen molar-refractivity contribution in [3.8, 4) is 0 Å².